The monoisotopic (exact) mass is 1040 g/mol. The van der Waals surface area contributed by atoms with E-state index in [0.29, 0.717) is 19.4 Å². The van der Waals surface area contributed by atoms with Gasteiger partial charge in [-0.05, 0) is 64.2 Å². The summed E-state index contributed by atoms with van der Waals surface area (Å²) >= 11 is 0. The van der Waals surface area contributed by atoms with Crippen LogP contribution in [0.3, 0.4) is 0 Å². The van der Waals surface area contributed by atoms with Gasteiger partial charge in [-0.1, -0.05) is 320 Å². The number of esters is 1. The third-order valence-electron chi connectivity index (χ3n) is 15.4. The lowest BCUT2D eigenvalue weighted by Gasteiger charge is -2.20. The van der Waals surface area contributed by atoms with Gasteiger partial charge in [0.1, 0.15) is 0 Å². The van der Waals surface area contributed by atoms with E-state index >= 15 is 0 Å². The zero-order chi connectivity index (χ0) is 53.6. The fraction of sp³-hybridized carbons (Fsp3) is 0.882. The van der Waals surface area contributed by atoms with Crippen LogP contribution in [0.4, 0.5) is 0 Å². The number of allylic oxidation sites excluding steroid dienone is 5. The van der Waals surface area contributed by atoms with Crippen molar-refractivity contribution in [2.75, 3.05) is 13.2 Å². The Morgan fingerprint density at radius 1 is 0.378 bits per heavy atom. The van der Waals surface area contributed by atoms with Crippen molar-refractivity contribution in [1.82, 2.24) is 5.32 Å². The maximum atomic E-state index is 12.5. The molecule has 0 fully saturated rings. The van der Waals surface area contributed by atoms with Gasteiger partial charge in [0.25, 0.3) is 0 Å². The molecule has 6 nitrogen and oxygen atoms in total. The largest absolute Gasteiger partial charge is 0.466 e. The number of aliphatic hydroxyl groups is 2. The summed E-state index contributed by atoms with van der Waals surface area (Å²) in [4.78, 5) is 24.6. The minimum atomic E-state index is -0.850. The van der Waals surface area contributed by atoms with Gasteiger partial charge >= 0.3 is 5.97 Å². The van der Waals surface area contributed by atoms with Crippen molar-refractivity contribution in [3.05, 3.63) is 36.5 Å². The van der Waals surface area contributed by atoms with Gasteiger partial charge in [0.15, 0.2) is 0 Å². The number of carbonyl (C=O) groups is 2. The standard InChI is InChI=1S/C68H129NO5/c1-3-5-7-9-11-13-15-17-19-21-22-23-24-25-26-29-32-36-40-44-48-52-56-60-66(71)65(64-70)69-67(72)61-57-53-49-45-41-37-33-30-27-31-35-39-43-47-51-55-59-63-74-68(73)62-58-54-50-46-42-38-34-28-20-18-16-14-12-10-8-6-4-2/h12,14,18,20,56,60,65-66,70-71H,3-11,13,15-17,19,21-55,57-59,61-64H2,1-2H3,(H,69,72)/b14-12-,20-18-,60-56+. The molecule has 0 aromatic rings. The second-order valence-electron chi connectivity index (χ2n) is 22.8. The van der Waals surface area contributed by atoms with Gasteiger partial charge in [-0.15, -0.1) is 0 Å². The molecule has 2 atom stereocenters. The highest BCUT2D eigenvalue weighted by atomic mass is 16.5. The van der Waals surface area contributed by atoms with E-state index in [1.807, 2.05) is 6.08 Å². The van der Waals surface area contributed by atoms with Crippen LogP contribution in [-0.2, 0) is 14.3 Å². The summed E-state index contributed by atoms with van der Waals surface area (Å²) in [6.45, 7) is 4.89. The van der Waals surface area contributed by atoms with Gasteiger partial charge < -0.3 is 20.3 Å². The third-order valence-corrected chi connectivity index (χ3v) is 15.4. The van der Waals surface area contributed by atoms with Crippen molar-refractivity contribution in [2.45, 2.75) is 373 Å². The van der Waals surface area contributed by atoms with Crippen molar-refractivity contribution >= 4 is 11.9 Å². The molecule has 2 unspecified atom stereocenters. The number of amides is 1. The molecule has 0 aromatic heterocycles. The summed E-state index contributed by atoms with van der Waals surface area (Å²) < 4.78 is 5.49. The van der Waals surface area contributed by atoms with Gasteiger partial charge in [-0.25, -0.2) is 0 Å². The minimum absolute atomic E-state index is 0.00269. The van der Waals surface area contributed by atoms with E-state index in [1.165, 1.54) is 283 Å². The van der Waals surface area contributed by atoms with Crippen LogP contribution in [0.5, 0.6) is 0 Å². The van der Waals surface area contributed by atoms with Gasteiger partial charge in [0, 0.05) is 12.8 Å². The second-order valence-corrected chi connectivity index (χ2v) is 22.8. The quantitative estimate of drug-likeness (QED) is 0.0320. The molecule has 6 heteroatoms. The molecule has 1 amide bonds. The maximum Gasteiger partial charge on any atom is 0.305 e. The number of unbranched alkanes of at least 4 members (excludes halogenated alkanes) is 47. The summed E-state index contributed by atoms with van der Waals surface area (Å²) in [5, 5.41) is 23.2. The summed E-state index contributed by atoms with van der Waals surface area (Å²) in [6, 6.07) is -0.634. The molecule has 0 bridgehead atoms. The Bertz CT molecular complexity index is 1200. The number of nitrogens with one attached hydrogen (secondary N) is 1. The van der Waals surface area contributed by atoms with E-state index in [1.54, 1.807) is 6.08 Å². The number of hydrogen-bond acceptors (Lipinski definition) is 5. The van der Waals surface area contributed by atoms with E-state index in [9.17, 15) is 19.8 Å². The molecule has 0 saturated carbocycles. The first kappa shape index (κ1) is 72.1. The van der Waals surface area contributed by atoms with E-state index in [-0.39, 0.29) is 18.5 Å². The third kappa shape index (κ3) is 59.3. The van der Waals surface area contributed by atoms with Crippen LogP contribution in [0.25, 0.3) is 0 Å². The van der Waals surface area contributed by atoms with Crippen molar-refractivity contribution < 1.29 is 24.5 Å². The summed E-state index contributed by atoms with van der Waals surface area (Å²) in [6.07, 6.45) is 80.5. The van der Waals surface area contributed by atoms with Crippen LogP contribution >= 0.6 is 0 Å². The molecule has 0 aliphatic carbocycles. The molecule has 0 saturated heterocycles. The van der Waals surface area contributed by atoms with Crippen molar-refractivity contribution in [3.63, 3.8) is 0 Å². The lowest BCUT2D eigenvalue weighted by Crippen LogP contribution is -2.45. The van der Waals surface area contributed by atoms with Crippen LogP contribution in [0, 0.1) is 0 Å². The lowest BCUT2D eigenvalue weighted by atomic mass is 10.0. The number of aliphatic hydroxyl groups excluding tert-OH is 2. The highest BCUT2D eigenvalue weighted by Gasteiger charge is 2.18. The number of ether oxygens (including phenoxy) is 1. The van der Waals surface area contributed by atoms with Crippen LogP contribution in [0.15, 0.2) is 36.5 Å². The molecule has 0 aliphatic rings. The Morgan fingerprint density at radius 3 is 1.05 bits per heavy atom. The number of hydrogen-bond donors (Lipinski definition) is 3. The fourth-order valence-corrected chi connectivity index (χ4v) is 10.3. The Balaban J connectivity index is 3.44. The first-order valence-corrected chi connectivity index (χ1v) is 33.3. The van der Waals surface area contributed by atoms with Crippen LogP contribution < -0.4 is 5.32 Å². The average molecular weight is 1040 g/mol. The molecule has 436 valence electrons. The second kappa shape index (κ2) is 63.6. The van der Waals surface area contributed by atoms with E-state index < -0.39 is 12.1 Å². The molecule has 0 heterocycles. The molecule has 3 N–H and O–H groups in total. The minimum Gasteiger partial charge on any atom is -0.466 e. The molecule has 0 aliphatic heterocycles. The lowest BCUT2D eigenvalue weighted by molar-refractivity contribution is -0.143. The fourth-order valence-electron chi connectivity index (χ4n) is 10.3. The van der Waals surface area contributed by atoms with E-state index in [4.69, 9.17) is 4.74 Å². The smallest absolute Gasteiger partial charge is 0.305 e. The first-order chi connectivity index (χ1) is 36.5. The van der Waals surface area contributed by atoms with E-state index in [2.05, 4.69) is 43.5 Å². The molecule has 74 heavy (non-hydrogen) atoms. The predicted octanol–water partition coefficient (Wildman–Crippen LogP) is 21.1. The zero-order valence-electron chi connectivity index (χ0n) is 49.8. The average Bonchev–Trinajstić information content (AvgIpc) is 3.40. The van der Waals surface area contributed by atoms with Gasteiger partial charge in [0.05, 0.1) is 25.4 Å². The predicted molar refractivity (Wildman–Crippen MR) is 324 cm³/mol. The number of carbonyl (C=O) groups excluding carboxylic acids is 2. The molecule has 0 radical (unpaired) electrons. The van der Waals surface area contributed by atoms with Gasteiger partial charge in [0.2, 0.25) is 5.91 Å². The molecule has 0 spiro atoms. The Hall–Kier alpha value is -1.92. The Morgan fingerprint density at radius 2 is 0.676 bits per heavy atom. The highest BCUT2D eigenvalue weighted by Crippen LogP contribution is 2.18. The topological polar surface area (TPSA) is 95.9 Å². The highest BCUT2D eigenvalue weighted by molar-refractivity contribution is 5.76. The number of rotatable bonds is 62. The summed E-state index contributed by atoms with van der Waals surface area (Å²) in [5.74, 6) is -0.0728. The van der Waals surface area contributed by atoms with Crippen molar-refractivity contribution in [3.8, 4) is 0 Å². The Labute approximate surface area is 462 Å². The zero-order valence-corrected chi connectivity index (χ0v) is 49.8. The molecular formula is C68H129NO5. The summed E-state index contributed by atoms with van der Waals surface area (Å²) in [7, 11) is 0. The molecule has 0 rings (SSSR count). The molecule has 0 aromatic carbocycles. The maximum absolute atomic E-state index is 12.5. The van der Waals surface area contributed by atoms with Gasteiger partial charge in [-0.3, -0.25) is 9.59 Å². The van der Waals surface area contributed by atoms with E-state index in [0.717, 1.165) is 51.4 Å². The normalized spacial score (nSPS) is 12.8. The SMILES string of the molecule is CCCCC/C=C\C/C=C\CCCCCCCCCC(=O)OCCCCCCCCCCCCCCCCCCCC(=O)NC(CO)C(O)/C=C/CCCCCCCCCCCCCCCCCCCCCCC. The summed E-state index contributed by atoms with van der Waals surface area (Å²) in [5.41, 5.74) is 0. The van der Waals surface area contributed by atoms with Gasteiger partial charge in [-0.2, -0.15) is 0 Å². The Kier molecular flexibility index (Phi) is 62.0. The van der Waals surface area contributed by atoms with Crippen LogP contribution in [0.1, 0.15) is 361 Å². The van der Waals surface area contributed by atoms with Crippen LogP contribution in [0.2, 0.25) is 0 Å². The van der Waals surface area contributed by atoms with Crippen molar-refractivity contribution in [2.24, 2.45) is 0 Å². The first-order valence-electron chi connectivity index (χ1n) is 33.3. The molecular weight excluding hydrogens is 911 g/mol. The van der Waals surface area contributed by atoms with Crippen molar-refractivity contribution in [1.29, 1.82) is 0 Å². The van der Waals surface area contributed by atoms with Crippen LogP contribution in [-0.4, -0.2) is 47.4 Å².